The fourth-order valence-corrected chi connectivity index (χ4v) is 3.86. The molecule has 3 heterocycles. The van der Waals surface area contributed by atoms with E-state index in [1.54, 1.807) is 13.0 Å². The van der Waals surface area contributed by atoms with Crippen molar-refractivity contribution in [2.24, 2.45) is 5.92 Å². The molecule has 0 spiro atoms. The average Bonchev–Trinajstić information content (AvgIpc) is 3.42. The normalized spacial score (nSPS) is 16.7. The van der Waals surface area contributed by atoms with Gasteiger partial charge in [-0.05, 0) is 37.1 Å². The predicted molar refractivity (Wildman–Crippen MR) is 124 cm³/mol. The van der Waals surface area contributed by atoms with Crippen LogP contribution in [0.5, 0.6) is 17.4 Å². The zero-order valence-electron chi connectivity index (χ0n) is 18.6. The molecular weight excluding hydrogens is 444 g/mol. The Labute approximate surface area is 192 Å². The zero-order chi connectivity index (χ0) is 23.6. The predicted octanol–water partition coefficient (Wildman–Crippen LogP) is 3.01. The molecule has 9 nitrogen and oxygen atoms in total. The van der Waals surface area contributed by atoms with Gasteiger partial charge in [0, 0.05) is 30.1 Å². The fourth-order valence-electron chi connectivity index (χ4n) is 3.37. The summed E-state index contributed by atoms with van der Waals surface area (Å²) in [5.74, 6) is 1.55. The van der Waals surface area contributed by atoms with Gasteiger partial charge in [0.2, 0.25) is 5.88 Å². The maximum Gasteiger partial charge on any atom is 0.237 e. The Kier molecular flexibility index (Phi) is 6.39. The summed E-state index contributed by atoms with van der Waals surface area (Å²) in [4.78, 5) is 11.4. The first kappa shape index (κ1) is 22.8. The lowest BCUT2D eigenvalue weighted by Crippen LogP contribution is -2.16. The second-order valence-corrected chi connectivity index (χ2v) is 10.1. The third-order valence-corrected chi connectivity index (χ3v) is 6.00. The molecule has 2 aromatic heterocycles. The van der Waals surface area contributed by atoms with E-state index in [1.807, 2.05) is 24.3 Å². The summed E-state index contributed by atoms with van der Waals surface area (Å²) in [6, 6.07) is 9.32. The highest BCUT2D eigenvalue weighted by Gasteiger charge is 2.16. The van der Waals surface area contributed by atoms with Crippen LogP contribution in [-0.4, -0.2) is 54.0 Å². The number of aromatic nitrogens is 3. The first-order chi connectivity index (χ1) is 15.7. The highest BCUT2D eigenvalue weighted by atomic mass is 32.2. The first-order valence-electron chi connectivity index (χ1n) is 10.5. The van der Waals surface area contributed by atoms with E-state index in [0.29, 0.717) is 17.4 Å². The van der Waals surface area contributed by atoms with Crippen molar-refractivity contribution in [2.45, 2.75) is 25.0 Å². The van der Waals surface area contributed by atoms with Crippen LogP contribution in [0, 0.1) is 5.92 Å². The summed E-state index contributed by atoms with van der Waals surface area (Å²) in [6.45, 7) is 4.68. The monoisotopic (exact) mass is 470 g/mol. The van der Waals surface area contributed by atoms with Crippen LogP contribution in [0.3, 0.4) is 0 Å². The van der Waals surface area contributed by atoms with Gasteiger partial charge in [0.05, 0.1) is 30.4 Å². The molecule has 10 heteroatoms. The maximum atomic E-state index is 11.6. The van der Waals surface area contributed by atoms with Crippen molar-refractivity contribution in [2.75, 3.05) is 19.4 Å². The lowest BCUT2D eigenvalue weighted by atomic mass is 10.1. The van der Waals surface area contributed by atoms with Crippen LogP contribution in [0.15, 0.2) is 53.8 Å². The Bertz CT molecular complexity index is 1270. The van der Waals surface area contributed by atoms with Crippen LogP contribution in [0.25, 0.3) is 17.0 Å². The molecule has 0 amide bonds. The highest BCUT2D eigenvalue weighted by molar-refractivity contribution is 7.90. The molecule has 0 saturated heterocycles. The van der Waals surface area contributed by atoms with Gasteiger partial charge in [0.1, 0.15) is 17.6 Å². The number of ether oxygens (including phenoxy) is 2. The smallest absolute Gasteiger partial charge is 0.237 e. The van der Waals surface area contributed by atoms with Gasteiger partial charge >= 0.3 is 0 Å². The van der Waals surface area contributed by atoms with Crippen molar-refractivity contribution in [3.63, 3.8) is 0 Å². The van der Waals surface area contributed by atoms with Gasteiger partial charge in [-0.1, -0.05) is 13.0 Å². The summed E-state index contributed by atoms with van der Waals surface area (Å²) in [6.07, 6.45) is 5.25. The third kappa shape index (κ3) is 5.52. The number of nitrogens with zero attached hydrogens (tertiary/aromatic N) is 2. The van der Waals surface area contributed by atoms with E-state index >= 15 is 0 Å². The van der Waals surface area contributed by atoms with Crippen molar-refractivity contribution < 1.29 is 23.0 Å². The number of benzene rings is 1. The second kappa shape index (κ2) is 9.24. The standard InChI is InChI=1S/C23H26N4O5S/c1-14-6-21(24-10-14)20-5-4-19(27-20)16-7-17(31-15(2)13-28)9-18(8-16)32-22-11-26-23(12-25-22)33(3,29)30/h4-9,11-12,14-15,24,27-28H,10,13H2,1-3H3/t14-,15+/m1/s1. The molecule has 3 N–H and O–H groups in total. The lowest BCUT2D eigenvalue weighted by molar-refractivity contribution is 0.129. The van der Waals surface area contributed by atoms with E-state index in [4.69, 9.17) is 9.47 Å². The van der Waals surface area contributed by atoms with E-state index in [1.165, 1.54) is 6.20 Å². The lowest BCUT2D eigenvalue weighted by Gasteiger charge is -2.15. The Morgan fingerprint density at radius 3 is 2.55 bits per heavy atom. The molecule has 3 aromatic rings. The van der Waals surface area contributed by atoms with Crippen LogP contribution in [0.1, 0.15) is 19.5 Å². The molecule has 1 aromatic carbocycles. The summed E-state index contributed by atoms with van der Waals surface area (Å²) < 4.78 is 34.8. The number of aromatic amines is 1. The molecular formula is C23H26N4O5S. The molecule has 174 valence electrons. The Hall–Kier alpha value is -3.37. The van der Waals surface area contributed by atoms with Gasteiger partial charge in [0.25, 0.3) is 0 Å². The number of sulfone groups is 1. The summed E-state index contributed by atoms with van der Waals surface area (Å²) >= 11 is 0. The first-order valence-corrected chi connectivity index (χ1v) is 12.4. The van der Waals surface area contributed by atoms with Crippen LogP contribution in [0.2, 0.25) is 0 Å². The molecule has 0 saturated carbocycles. The van der Waals surface area contributed by atoms with Crippen LogP contribution in [-0.2, 0) is 9.84 Å². The SMILES string of the molecule is C[C@@H]1C=C(c2ccc(-c3cc(Oc4cnc(S(C)(=O)=O)cn4)cc(O[C@@H](C)CO)c3)[nH]2)NC1. The Morgan fingerprint density at radius 2 is 1.91 bits per heavy atom. The molecule has 33 heavy (non-hydrogen) atoms. The molecule has 1 aliphatic rings. The van der Waals surface area contributed by atoms with E-state index in [0.717, 1.165) is 41.6 Å². The number of aliphatic hydroxyl groups is 1. The molecule has 0 fully saturated rings. The summed E-state index contributed by atoms with van der Waals surface area (Å²) in [5.41, 5.74) is 3.71. The summed E-state index contributed by atoms with van der Waals surface area (Å²) in [7, 11) is -3.45. The average molecular weight is 471 g/mol. The number of hydrogen-bond donors (Lipinski definition) is 3. The Morgan fingerprint density at radius 1 is 1.15 bits per heavy atom. The molecule has 0 radical (unpaired) electrons. The zero-order valence-corrected chi connectivity index (χ0v) is 19.4. The van der Waals surface area contributed by atoms with Gasteiger partial charge in [0.15, 0.2) is 14.9 Å². The number of aliphatic hydroxyl groups excluding tert-OH is 1. The minimum absolute atomic E-state index is 0.132. The number of H-pyrrole nitrogens is 1. The third-order valence-electron chi connectivity index (χ3n) is 5.03. The topological polar surface area (TPSA) is 126 Å². The van der Waals surface area contributed by atoms with Crippen molar-refractivity contribution >= 4 is 15.5 Å². The minimum Gasteiger partial charge on any atom is -0.488 e. The molecule has 0 unspecified atom stereocenters. The van der Waals surface area contributed by atoms with Gasteiger partial charge < -0.3 is 24.9 Å². The molecule has 2 atom stereocenters. The fraction of sp³-hybridized carbons (Fsp3) is 0.304. The maximum absolute atomic E-state index is 11.6. The van der Waals surface area contributed by atoms with Gasteiger partial charge in [-0.15, -0.1) is 0 Å². The van der Waals surface area contributed by atoms with E-state index in [2.05, 4.69) is 33.3 Å². The van der Waals surface area contributed by atoms with Gasteiger partial charge in [-0.2, -0.15) is 0 Å². The molecule has 0 aliphatic carbocycles. The number of nitrogens with one attached hydrogen (secondary N) is 2. The Balaban J connectivity index is 1.65. The molecule has 4 rings (SSSR count). The molecule has 1 aliphatic heterocycles. The van der Waals surface area contributed by atoms with Crippen molar-refractivity contribution in [3.05, 3.63) is 54.5 Å². The van der Waals surface area contributed by atoms with Crippen molar-refractivity contribution in [3.8, 4) is 28.6 Å². The van der Waals surface area contributed by atoms with Crippen molar-refractivity contribution in [1.82, 2.24) is 20.3 Å². The summed E-state index contributed by atoms with van der Waals surface area (Å²) in [5, 5.41) is 12.6. The van der Waals surface area contributed by atoms with E-state index < -0.39 is 15.9 Å². The highest BCUT2D eigenvalue weighted by Crippen LogP contribution is 2.33. The largest absolute Gasteiger partial charge is 0.488 e. The second-order valence-electron chi connectivity index (χ2n) is 8.10. The van der Waals surface area contributed by atoms with Crippen LogP contribution >= 0.6 is 0 Å². The van der Waals surface area contributed by atoms with Crippen molar-refractivity contribution in [1.29, 1.82) is 0 Å². The van der Waals surface area contributed by atoms with Crippen LogP contribution in [0.4, 0.5) is 0 Å². The van der Waals surface area contributed by atoms with E-state index in [-0.39, 0.29) is 17.5 Å². The van der Waals surface area contributed by atoms with Crippen LogP contribution < -0.4 is 14.8 Å². The number of hydrogen-bond acceptors (Lipinski definition) is 8. The van der Waals surface area contributed by atoms with Gasteiger partial charge in [-0.3, -0.25) is 0 Å². The number of rotatable bonds is 8. The quantitative estimate of drug-likeness (QED) is 0.459. The molecule has 0 bridgehead atoms. The minimum atomic E-state index is -3.45. The van der Waals surface area contributed by atoms with E-state index in [9.17, 15) is 13.5 Å². The van der Waals surface area contributed by atoms with Gasteiger partial charge in [-0.25, -0.2) is 18.4 Å².